The summed E-state index contributed by atoms with van der Waals surface area (Å²) < 4.78 is 16.6. The highest BCUT2D eigenvalue weighted by atomic mass is 32.2. The molecule has 2 heterocycles. The molecule has 1 fully saturated rings. The molecule has 1 aliphatic heterocycles. The number of aromatic carboxylic acids is 1. The van der Waals surface area contributed by atoms with E-state index in [0.29, 0.717) is 23.4 Å². The predicted molar refractivity (Wildman–Crippen MR) is 109 cm³/mol. The van der Waals surface area contributed by atoms with Gasteiger partial charge in [0, 0.05) is 42.2 Å². The van der Waals surface area contributed by atoms with Crippen LogP contribution in [0.1, 0.15) is 29.9 Å². The Kier molecular flexibility index (Phi) is 5.60. The van der Waals surface area contributed by atoms with Crippen molar-refractivity contribution in [3.05, 3.63) is 51.1 Å². The molecular formula is C20H23FN2O3S. The van der Waals surface area contributed by atoms with Gasteiger partial charge in [-0.3, -0.25) is 4.79 Å². The topological polar surface area (TPSA) is 62.5 Å². The molecule has 0 unspecified atom stereocenters. The molecule has 0 bridgehead atoms. The van der Waals surface area contributed by atoms with Gasteiger partial charge in [-0.15, -0.1) is 0 Å². The Morgan fingerprint density at radius 2 is 1.96 bits per heavy atom. The second-order valence-electron chi connectivity index (χ2n) is 6.91. The minimum absolute atomic E-state index is 0.104. The molecule has 5 nitrogen and oxygen atoms in total. The Morgan fingerprint density at radius 3 is 2.56 bits per heavy atom. The monoisotopic (exact) mass is 390 g/mol. The Hall–Kier alpha value is -2.28. The summed E-state index contributed by atoms with van der Waals surface area (Å²) in [6.07, 6.45) is 1.96. The van der Waals surface area contributed by atoms with Crippen LogP contribution in [0.2, 0.25) is 0 Å². The van der Waals surface area contributed by atoms with Crippen LogP contribution in [0.25, 0.3) is 10.9 Å². The fourth-order valence-corrected chi connectivity index (χ4v) is 4.28. The van der Waals surface area contributed by atoms with Crippen LogP contribution in [-0.2, 0) is 6.54 Å². The van der Waals surface area contributed by atoms with E-state index in [4.69, 9.17) is 0 Å². The summed E-state index contributed by atoms with van der Waals surface area (Å²) in [7, 11) is 0. The lowest BCUT2D eigenvalue weighted by Crippen LogP contribution is -2.33. The second-order valence-corrected chi connectivity index (χ2v) is 8.13. The number of carboxylic acids is 1. The van der Waals surface area contributed by atoms with Gasteiger partial charge in [0.25, 0.3) is 0 Å². The molecule has 1 N–H and O–H groups in total. The third-order valence-electron chi connectivity index (χ3n) is 4.84. The average Bonchev–Trinajstić information content (AvgIpc) is 2.62. The first-order valence-corrected chi connectivity index (χ1v) is 10.0. The van der Waals surface area contributed by atoms with Crippen LogP contribution >= 0.6 is 11.8 Å². The van der Waals surface area contributed by atoms with Gasteiger partial charge in [-0.2, -0.15) is 11.8 Å². The number of fused-ring (bicyclic) bond motifs is 1. The molecule has 0 amide bonds. The lowest BCUT2D eigenvalue weighted by Gasteiger charge is -2.29. The minimum Gasteiger partial charge on any atom is -0.477 e. The number of aromatic nitrogens is 1. The smallest absolute Gasteiger partial charge is 0.341 e. The van der Waals surface area contributed by atoms with Gasteiger partial charge in [0.1, 0.15) is 11.4 Å². The molecule has 3 rings (SSSR count). The van der Waals surface area contributed by atoms with Crippen LogP contribution in [0, 0.1) is 12.7 Å². The molecule has 0 atom stereocenters. The van der Waals surface area contributed by atoms with Crippen molar-refractivity contribution in [3.8, 4) is 0 Å². The first kappa shape index (κ1) is 19.5. The van der Waals surface area contributed by atoms with Crippen molar-refractivity contribution < 1.29 is 14.3 Å². The first-order valence-electron chi connectivity index (χ1n) is 8.87. The van der Waals surface area contributed by atoms with Crippen molar-refractivity contribution in [3.63, 3.8) is 0 Å². The zero-order chi connectivity index (χ0) is 19.7. The SMILES string of the molecule is CC(C)=CCn1c(C)c(C(=O)O)c(=O)c2cc(F)c(N3CCSCC3)cc21. The van der Waals surface area contributed by atoms with Gasteiger partial charge >= 0.3 is 5.97 Å². The fourth-order valence-electron chi connectivity index (χ4n) is 3.38. The second kappa shape index (κ2) is 7.76. The van der Waals surface area contributed by atoms with Crippen LogP contribution in [0.4, 0.5) is 10.1 Å². The molecule has 0 radical (unpaired) electrons. The minimum atomic E-state index is -1.29. The summed E-state index contributed by atoms with van der Waals surface area (Å²) in [6.45, 7) is 7.45. The van der Waals surface area contributed by atoms with Gasteiger partial charge in [-0.25, -0.2) is 9.18 Å². The van der Waals surface area contributed by atoms with Gasteiger partial charge in [0.2, 0.25) is 5.43 Å². The standard InChI is InChI=1S/C20H23FN2O3S/c1-12(2)4-5-23-13(3)18(20(25)26)19(24)14-10-15(21)17(11-16(14)23)22-6-8-27-9-7-22/h4,10-11H,5-9H2,1-3H3,(H,25,26). The molecule has 1 aliphatic rings. The van der Waals surface area contributed by atoms with Crippen molar-refractivity contribution in [1.82, 2.24) is 4.57 Å². The van der Waals surface area contributed by atoms with Crippen LogP contribution < -0.4 is 10.3 Å². The molecule has 7 heteroatoms. The summed E-state index contributed by atoms with van der Waals surface area (Å²) in [5.41, 5.74) is 1.55. The van der Waals surface area contributed by atoms with Gasteiger partial charge in [-0.1, -0.05) is 11.6 Å². The van der Waals surface area contributed by atoms with Crippen molar-refractivity contribution in [2.75, 3.05) is 29.5 Å². The normalized spacial score (nSPS) is 14.4. The highest BCUT2D eigenvalue weighted by molar-refractivity contribution is 7.99. The van der Waals surface area contributed by atoms with E-state index in [2.05, 4.69) is 0 Å². The number of thioether (sulfide) groups is 1. The van der Waals surface area contributed by atoms with E-state index in [9.17, 15) is 19.1 Å². The van der Waals surface area contributed by atoms with Crippen LogP contribution in [0.5, 0.6) is 0 Å². The van der Waals surface area contributed by atoms with E-state index >= 15 is 0 Å². The summed E-state index contributed by atoms with van der Waals surface area (Å²) in [5, 5.41) is 9.61. The van der Waals surface area contributed by atoms with E-state index in [1.54, 1.807) is 17.6 Å². The molecule has 144 valence electrons. The number of benzene rings is 1. The third kappa shape index (κ3) is 3.74. The Balaban J connectivity index is 2.31. The maximum atomic E-state index is 14.8. The van der Waals surface area contributed by atoms with E-state index < -0.39 is 17.2 Å². The van der Waals surface area contributed by atoms with Gasteiger partial charge in [0.15, 0.2) is 0 Å². The molecule has 27 heavy (non-hydrogen) atoms. The quantitative estimate of drug-likeness (QED) is 0.807. The molecule has 0 aliphatic carbocycles. The number of allylic oxidation sites excluding steroid dienone is 2. The number of halogens is 1. The van der Waals surface area contributed by atoms with E-state index in [1.807, 2.05) is 36.6 Å². The van der Waals surface area contributed by atoms with Crippen molar-refractivity contribution in [2.24, 2.45) is 0 Å². The molecule has 1 saturated heterocycles. The molecule has 1 aromatic heterocycles. The lowest BCUT2D eigenvalue weighted by atomic mass is 10.1. The Labute approximate surface area is 161 Å². The van der Waals surface area contributed by atoms with Crippen LogP contribution in [0.15, 0.2) is 28.6 Å². The summed E-state index contributed by atoms with van der Waals surface area (Å²) in [4.78, 5) is 26.4. The molecule has 0 saturated carbocycles. The van der Waals surface area contributed by atoms with Crippen molar-refractivity contribution >= 4 is 34.3 Å². The van der Waals surface area contributed by atoms with Gasteiger partial charge in [0.05, 0.1) is 11.2 Å². The number of hydrogen-bond donors (Lipinski definition) is 1. The summed E-state index contributed by atoms with van der Waals surface area (Å²) >= 11 is 1.83. The lowest BCUT2D eigenvalue weighted by molar-refractivity contribution is 0.0694. The number of nitrogens with zero attached hydrogens (tertiary/aromatic N) is 2. The molecular weight excluding hydrogens is 367 g/mol. The van der Waals surface area contributed by atoms with Gasteiger partial charge < -0.3 is 14.6 Å². The van der Waals surface area contributed by atoms with Crippen molar-refractivity contribution in [2.45, 2.75) is 27.3 Å². The Bertz CT molecular complexity index is 987. The molecule has 2 aromatic rings. The molecule has 1 aromatic carbocycles. The number of rotatable bonds is 4. The van der Waals surface area contributed by atoms with Crippen LogP contribution in [-0.4, -0.2) is 40.2 Å². The highest BCUT2D eigenvalue weighted by Crippen LogP contribution is 2.28. The zero-order valence-corrected chi connectivity index (χ0v) is 16.5. The number of hydrogen-bond acceptors (Lipinski definition) is 4. The average molecular weight is 390 g/mol. The number of carbonyl (C=O) groups is 1. The highest BCUT2D eigenvalue weighted by Gasteiger charge is 2.22. The molecule has 0 spiro atoms. The maximum Gasteiger partial charge on any atom is 0.341 e. The fraction of sp³-hybridized carbons (Fsp3) is 0.400. The number of anilines is 1. The van der Waals surface area contributed by atoms with E-state index in [0.717, 1.165) is 30.2 Å². The Morgan fingerprint density at radius 1 is 1.30 bits per heavy atom. The largest absolute Gasteiger partial charge is 0.477 e. The first-order chi connectivity index (χ1) is 12.8. The zero-order valence-electron chi connectivity index (χ0n) is 15.7. The van der Waals surface area contributed by atoms with E-state index in [1.165, 1.54) is 6.07 Å². The summed E-state index contributed by atoms with van der Waals surface area (Å²) in [6, 6.07) is 2.89. The van der Waals surface area contributed by atoms with Crippen molar-refractivity contribution in [1.29, 1.82) is 0 Å². The summed E-state index contributed by atoms with van der Waals surface area (Å²) in [5.74, 6) is 0.0845. The van der Waals surface area contributed by atoms with E-state index in [-0.39, 0.29) is 10.9 Å². The number of pyridine rings is 1. The maximum absolute atomic E-state index is 14.8. The number of carboxylic acid groups (broad SMARTS) is 1. The van der Waals surface area contributed by atoms with Gasteiger partial charge in [-0.05, 0) is 32.9 Å². The predicted octanol–water partition coefficient (Wildman–Crippen LogP) is 3.67. The third-order valence-corrected chi connectivity index (χ3v) is 5.78. The van der Waals surface area contributed by atoms with Crippen LogP contribution in [0.3, 0.4) is 0 Å².